The third-order valence-electron chi connectivity index (χ3n) is 3.87. The van der Waals surface area contributed by atoms with Crippen molar-refractivity contribution in [2.24, 2.45) is 5.14 Å². The van der Waals surface area contributed by atoms with Crippen LogP contribution < -0.4 is 15.2 Å². The van der Waals surface area contributed by atoms with Crippen LogP contribution in [0, 0.1) is 6.92 Å². The maximum atomic E-state index is 12.2. The van der Waals surface area contributed by atoms with E-state index in [0.717, 1.165) is 5.56 Å². The van der Waals surface area contributed by atoms with E-state index in [9.17, 15) is 26.4 Å². The summed E-state index contributed by atoms with van der Waals surface area (Å²) >= 11 is 0. The van der Waals surface area contributed by atoms with Crippen LogP contribution in [0.25, 0.3) is 0 Å². The van der Waals surface area contributed by atoms with Gasteiger partial charge in [-0.1, -0.05) is 17.7 Å². The number of primary sulfonamides is 1. The smallest absolute Gasteiger partial charge is 0.321 e. The molecule has 0 saturated carbocycles. The Bertz CT molecular complexity index is 1130. The monoisotopic (exact) mass is 455 g/mol. The lowest BCUT2D eigenvalue weighted by molar-refractivity contribution is -0.151. The molecule has 1 atom stereocenters. The molecule has 30 heavy (non-hydrogen) atoms. The fourth-order valence-corrected chi connectivity index (χ4v) is 3.70. The number of hydrogen-bond donors (Lipinski definition) is 3. The molecule has 0 aliphatic heterocycles. The predicted molar refractivity (Wildman–Crippen MR) is 108 cm³/mol. The van der Waals surface area contributed by atoms with E-state index in [1.807, 2.05) is 6.92 Å². The third-order valence-corrected chi connectivity index (χ3v) is 6.21. The zero-order valence-corrected chi connectivity index (χ0v) is 17.8. The molecule has 4 N–H and O–H groups in total. The second-order valence-corrected chi connectivity index (χ2v) is 9.66. The van der Waals surface area contributed by atoms with Gasteiger partial charge in [0.25, 0.3) is 5.91 Å². The van der Waals surface area contributed by atoms with Gasteiger partial charge >= 0.3 is 5.97 Å². The number of nitrogens with two attached hydrogens (primary N) is 1. The van der Waals surface area contributed by atoms with Gasteiger partial charge in [-0.25, -0.2) is 22.0 Å². The lowest BCUT2D eigenvalue weighted by Gasteiger charge is -2.14. The van der Waals surface area contributed by atoms with Gasteiger partial charge in [-0.05, 0) is 50.2 Å². The number of hydrogen-bond acceptors (Lipinski definition) is 7. The normalized spacial score (nSPS) is 12.8. The second kappa shape index (κ2) is 9.34. The van der Waals surface area contributed by atoms with Crippen molar-refractivity contribution in [3.05, 3.63) is 54.1 Å². The summed E-state index contributed by atoms with van der Waals surface area (Å²) in [6.45, 7) is 2.46. The molecule has 2 rings (SSSR count). The minimum Gasteiger partial charge on any atom is -0.452 e. The van der Waals surface area contributed by atoms with E-state index < -0.39 is 44.6 Å². The highest BCUT2D eigenvalue weighted by Crippen LogP contribution is 2.13. The van der Waals surface area contributed by atoms with Crippen LogP contribution in [0.2, 0.25) is 0 Å². The summed E-state index contributed by atoms with van der Waals surface area (Å²) in [6, 6.07) is 11.1. The Labute approximate surface area is 174 Å². The summed E-state index contributed by atoms with van der Waals surface area (Å²) in [5.41, 5.74) is 1.14. The van der Waals surface area contributed by atoms with Gasteiger partial charge in [0.05, 0.1) is 9.79 Å². The number of ether oxygens (including phenoxy) is 1. The molecule has 0 heterocycles. The number of aryl methyl sites for hydroxylation is 1. The van der Waals surface area contributed by atoms with Crippen LogP contribution in [-0.4, -0.2) is 41.4 Å². The molecule has 0 bridgehead atoms. The molecule has 12 heteroatoms. The predicted octanol–water partition coefficient (Wildman–Crippen LogP) is 0.491. The zero-order chi connectivity index (χ0) is 22.5. The first-order valence-electron chi connectivity index (χ1n) is 8.58. The summed E-state index contributed by atoms with van der Waals surface area (Å²) in [7, 11) is -7.76. The molecule has 1 unspecified atom stereocenters. The van der Waals surface area contributed by atoms with E-state index in [-0.39, 0.29) is 15.5 Å². The Morgan fingerprint density at radius 2 is 1.50 bits per heavy atom. The van der Waals surface area contributed by atoms with Gasteiger partial charge in [-0.15, -0.1) is 0 Å². The maximum Gasteiger partial charge on any atom is 0.321 e. The fourth-order valence-electron chi connectivity index (χ4n) is 2.22. The van der Waals surface area contributed by atoms with Crippen LogP contribution in [0.1, 0.15) is 12.5 Å². The molecule has 2 aromatic rings. The molecule has 0 saturated heterocycles. The zero-order valence-electron chi connectivity index (χ0n) is 16.2. The molecule has 0 radical (unpaired) electrons. The number of sulfonamides is 2. The van der Waals surface area contributed by atoms with E-state index in [1.54, 1.807) is 12.1 Å². The molecule has 10 nitrogen and oxygen atoms in total. The van der Waals surface area contributed by atoms with E-state index in [1.165, 1.54) is 43.3 Å². The van der Waals surface area contributed by atoms with Crippen molar-refractivity contribution < 1.29 is 31.2 Å². The number of carbonyl (C=O) groups excluding carboxylic acids is 2. The van der Waals surface area contributed by atoms with E-state index in [2.05, 4.69) is 10.0 Å². The van der Waals surface area contributed by atoms with Gasteiger partial charge in [0.15, 0.2) is 6.10 Å². The Morgan fingerprint density at radius 1 is 0.967 bits per heavy atom. The van der Waals surface area contributed by atoms with Crippen LogP contribution >= 0.6 is 0 Å². The number of benzene rings is 2. The van der Waals surface area contributed by atoms with Gasteiger partial charge in [0.1, 0.15) is 6.54 Å². The molecule has 162 valence electrons. The number of carbonyl (C=O) groups is 2. The average Bonchev–Trinajstić information content (AvgIpc) is 2.66. The van der Waals surface area contributed by atoms with Crippen LogP contribution in [0.3, 0.4) is 0 Å². The highest BCUT2D eigenvalue weighted by molar-refractivity contribution is 7.89. The van der Waals surface area contributed by atoms with Crippen molar-refractivity contribution in [3.63, 3.8) is 0 Å². The van der Waals surface area contributed by atoms with Crippen LogP contribution in [0.4, 0.5) is 5.69 Å². The van der Waals surface area contributed by atoms with Crippen LogP contribution in [-0.2, 0) is 34.4 Å². The summed E-state index contributed by atoms with van der Waals surface area (Å²) in [4.78, 5) is 23.9. The Morgan fingerprint density at radius 3 is 2.03 bits per heavy atom. The van der Waals surface area contributed by atoms with Crippen LogP contribution in [0.5, 0.6) is 0 Å². The first-order chi connectivity index (χ1) is 13.9. The minimum atomic E-state index is -3.90. The summed E-state index contributed by atoms with van der Waals surface area (Å²) in [6.07, 6.45) is -1.22. The SMILES string of the molecule is Cc1ccc(S(=O)(=O)NCC(=O)OC(C)C(=O)Nc2ccc(S(N)(=O)=O)cc2)cc1. The second-order valence-electron chi connectivity index (χ2n) is 6.33. The maximum absolute atomic E-state index is 12.2. The molecule has 0 aliphatic rings. The molecule has 1 amide bonds. The summed E-state index contributed by atoms with van der Waals surface area (Å²) < 4.78 is 53.8. The van der Waals surface area contributed by atoms with Crippen molar-refractivity contribution in [1.29, 1.82) is 0 Å². The first kappa shape index (κ1) is 23.5. The number of amides is 1. The largest absolute Gasteiger partial charge is 0.452 e. The molecular formula is C18H21N3O7S2. The lowest BCUT2D eigenvalue weighted by atomic mass is 10.2. The Balaban J connectivity index is 1.88. The van der Waals surface area contributed by atoms with Gasteiger partial charge in [-0.3, -0.25) is 9.59 Å². The minimum absolute atomic E-state index is 0.00497. The molecule has 0 aromatic heterocycles. The van der Waals surface area contributed by atoms with Crippen molar-refractivity contribution in [2.45, 2.75) is 29.7 Å². The topological polar surface area (TPSA) is 162 Å². The summed E-state index contributed by atoms with van der Waals surface area (Å²) in [5.74, 6) is -1.63. The van der Waals surface area contributed by atoms with Crippen molar-refractivity contribution in [2.75, 3.05) is 11.9 Å². The number of anilines is 1. The Kier molecular flexibility index (Phi) is 7.31. The van der Waals surface area contributed by atoms with Gasteiger partial charge in [0, 0.05) is 5.69 Å². The third kappa shape index (κ3) is 6.62. The molecule has 2 aromatic carbocycles. The summed E-state index contributed by atoms with van der Waals surface area (Å²) in [5, 5.41) is 7.43. The molecular weight excluding hydrogens is 434 g/mol. The van der Waals surface area contributed by atoms with Gasteiger partial charge < -0.3 is 10.1 Å². The fraction of sp³-hybridized carbons (Fsp3) is 0.222. The van der Waals surface area contributed by atoms with Crippen molar-refractivity contribution in [1.82, 2.24) is 4.72 Å². The van der Waals surface area contributed by atoms with E-state index >= 15 is 0 Å². The highest BCUT2D eigenvalue weighted by atomic mass is 32.2. The highest BCUT2D eigenvalue weighted by Gasteiger charge is 2.21. The van der Waals surface area contributed by atoms with Crippen molar-refractivity contribution >= 4 is 37.6 Å². The number of esters is 1. The molecule has 0 fully saturated rings. The van der Waals surface area contributed by atoms with Gasteiger partial charge in [0.2, 0.25) is 20.0 Å². The van der Waals surface area contributed by atoms with E-state index in [0.29, 0.717) is 0 Å². The standard InChI is InChI=1S/C18H21N3O7S2/c1-12-3-7-16(8-4-12)30(26,27)20-11-17(22)28-13(2)18(23)21-14-5-9-15(10-6-14)29(19,24)25/h3-10,13,20H,11H2,1-2H3,(H,21,23)(H2,19,24,25). The first-order valence-corrected chi connectivity index (χ1v) is 11.6. The quantitative estimate of drug-likeness (QED) is 0.488. The Hall–Kier alpha value is -2.80. The average molecular weight is 456 g/mol. The van der Waals surface area contributed by atoms with Crippen molar-refractivity contribution in [3.8, 4) is 0 Å². The molecule has 0 aliphatic carbocycles. The van der Waals surface area contributed by atoms with Crippen LogP contribution in [0.15, 0.2) is 58.3 Å². The number of nitrogens with one attached hydrogen (secondary N) is 2. The molecule has 0 spiro atoms. The lowest BCUT2D eigenvalue weighted by Crippen LogP contribution is -2.35. The van der Waals surface area contributed by atoms with Gasteiger partial charge in [-0.2, -0.15) is 4.72 Å². The number of rotatable bonds is 8. The van der Waals surface area contributed by atoms with E-state index in [4.69, 9.17) is 9.88 Å².